The van der Waals surface area contributed by atoms with Gasteiger partial charge in [-0.1, -0.05) is 33.1 Å². The lowest BCUT2D eigenvalue weighted by atomic mass is 9.95. The molecule has 1 saturated heterocycles. The van der Waals surface area contributed by atoms with Gasteiger partial charge in [-0.15, -0.1) is 0 Å². The average Bonchev–Trinajstić information content (AvgIpc) is 2.87. The van der Waals surface area contributed by atoms with Gasteiger partial charge in [-0.05, 0) is 44.6 Å². The van der Waals surface area contributed by atoms with Crippen molar-refractivity contribution in [2.24, 2.45) is 11.8 Å². The van der Waals surface area contributed by atoms with Crippen LogP contribution in [0.4, 0.5) is 0 Å². The molecular weight excluding hydrogens is 220 g/mol. The van der Waals surface area contributed by atoms with E-state index >= 15 is 0 Å². The van der Waals surface area contributed by atoms with Crippen molar-refractivity contribution in [3.63, 3.8) is 0 Å². The summed E-state index contributed by atoms with van der Waals surface area (Å²) < 4.78 is 0. The minimum atomic E-state index is 0.718. The highest BCUT2D eigenvalue weighted by molar-refractivity contribution is 4.83. The highest BCUT2D eigenvalue weighted by Crippen LogP contribution is 2.25. The molecule has 0 aromatic carbocycles. The zero-order valence-electron chi connectivity index (χ0n) is 12.6. The van der Waals surface area contributed by atoms with Crippen LogP contribution in [-0.4, -0.2) is 36.6 Å². The van der Waals surface area contributed by atoms with Crippen LogP contribution >= 0.6 is 0 Å². The normalized spacial score (nSPS) is 29.0. The van der Waals surface area contributed by atoms with Crippen molar-refractivity contribution >= 4 is 0 Å². The lowest BCUT2D eigenvalue weighted by Gasteiger charge is -2.29. The second kappa shape index (κ2) is 6.91. The number of likely N-dealkylation sites (tertiary alicyclic amines) is 1. The van der Waals surface area contributed by atoms with E-state index in [2.05, 4.69) is 31.0 Å². The maximum atomic E-state index is 3.80. The van der Waals surface area contributed by atoms with Crippen molar-refractivity contribution in [3.8, 4) is 0 Å². The smallest absolute Gasteiger partial charge is 0.0192 e. The summed E-state index contributed by atoms with van der Waals surface area (Å²) in [5, 5.41) is 3.80. The Kier molecular flexibility index (Phi) is 5.50. The summed E-state index contributed by atoms with van der Waals surface area (Å²) in [6, 6.07) is 1.53. The molecule has 0 amide bonds. The van der Waals surface area contributed by atoms with Gasteiger partial charge in [0.05, 0.1) is 0 Å². The van der Waals surface area contributed by atoms with Gasteiger partial charge in [0, 0.05) is 25.2 Å². The topological polar surface area (TPSA) is 15.3 Å². The highest BCUT2D eigenvalue weighted by Gasteiger charge is 2.27. The fourth-order valence-corrected chi connectivity index (χ4v) is 3.53. The first kappa shape index (κ1) is 14.3. The Bertz CT molecular complexity index is 233. The summed E-state index contributed by atoms with van der Waals surface area (Å²) in [4.78, 5) is 2.69. The summed E-state index contributed by atoms with van der Waals surface area (Å²) in [6.07, 6.45) is 8.54. The Hall–Kier alpha value is -0.0800. The summed E-state index contributed by atoms with van der Waals surface area (Å²) in [5.41, 5.74) is 0. The molecular formula is C16H32N2. The van der Waals surface area contributed by atoms with Crippen LogP contribution in [0.2, 0.25) is 0 Å². The Balaban J connectivity index is 1.67. The van der Waals surface area contributed by atoms with E-state index in [0.29, 0.717) is 0 Å². The van der Waals surface area contributed by atoms with Crippen LogP contribution in [0.3, 0.4) is 0 Å². The van der Waals surface area contributed by atoms with Gasteiger partial charge in [0.2, 0.25) is 0 Å². The Labute approximate surface area is 114 Å². The fraction of sp³-hybridized carbons (Fsp3) is 1.00. The number of hydrogen-bond donors (Lipinski definition) is 1. The van der Waals surface area contributed by atoms with E-state index < -0.39 is 0 Å². The van der Waals surface area contributed by atoms with E-state index in [-0.39, 0.29) is 0 Å². The third-order valence-electron chi connectivity index (χ3n) is 5.13. The van der Waals surface area contributed by atoms with E-state index in [0.717, 1.165) is 23.9 Å². The third kappa shape index (κ3) is 3.96. The van der Waals surface area contributed by atoms with Crippen LogP contribution in [-0.2, 0) is 0 Å². The molecule has 1 N–H and O–H groups in total. The molecule has 2 nitrogen and oxygen atoms in total. The lowest BCUT2D eigenvalue weighted by Crippen LogP contribution is -2.43. The van der Waals surface area contributed by atoms with Gasteiger partial charge in [0.25, 0.3) is 0 Å². The molecule has 0 radical (unpaired) electrons. The number of hydrogen-bond acceptors (Lipinski definition) is 2. The molecule has 106 valence electrons. The van der Waals surface area contributed by atoms with Crippen LogP contribution < -0.4 is 5.32 Å². The molecule has 1 aliphatic carbocycles. The predicted molar refractivity (Wildman–Crippen MR) is 78.9 cm³/mol. The summed E-state index contributed by atoms with van der Waals surface area (Å²) in [6.45, 7) is 11.0. The number of nitrogens with one attached hydrogen (secondary N) is 1. The largest absolute Gasteiger partial charge is 0.312 e. The monoisotopic (exact) mass is 252 g/mol. The van der Waals surface area contributed by atoms with Gasteiger partial charge in [0.15, 0.2) is 0 Å². The van der Waals surface area contributed by atoms with E-state index in [9.17, 15) is 0 Å². The molecule has 0 spiro atoms. The molecule has 2 atom stereocenters. The van der Waals surface area contributed by atoms with Gasteiger partial charge in [-0.2, -0.15) is 0 Å². The Morgan fingerprint density at radius 1 is 1.06 bits per heavy atom. The molecule has 1 aliphatic heterocycles. The minimum absolute atomic E-state index is 0.718. The van der Waals surface area contributed by atoms with E-state index in [1.54, 1.807) is 0 Å². The first-order chi connectivity index (χ1) is 8.66. The minimum Gasteiger partial charge on any atom is -0.312 e. The van der Waals surface area contributed by atoms with Gasteiger partial charge >= 0.3 is 0 Å². The van der Waals surface area contributed by atoms with Gasteiger partial charge in [-0.25, -0.2) is 0 Å². The predicted octanol–water partition coefficient (Wildman–Crippen LogP) is 3.28. The lowest BCUT2D eigenvalue weighted by molar-refractivity contribution is 0.222. The molecule has 0 bridgehead atoms. The van der Waals surface area contributed by atoms with Crippen molar-refractivity contribution in [2.45, 2.75) is 71.4 Å². The van der Waals surface area contributed by atoms with Crippen LogP contribution in [0.15, 0.2) is 0 Å². The van der Waals surface area contributed by atoms with E-state index in [1.807, 2.05) is 0 Å². The highest BCUT2D eigenvalue weighted by atomic mass is 15.2. The zero-order valence-corrected chi connectivity index (χ0v) is 12.6. The Morgan fingerprint density at radius 2 is 1.78 bits per heavy atom. The third-order valence-corrected chi connectivity index (χ3v) is 5.13. The first-order valence-corrected chi connectivity index (χ1v) is 8.14. The summed E-state index contributed by atoms with van der Waals surface area (Å²) >= 11 is 0. The van der Waals surface area contributed by atoms with Crippen molar-refractivity contribution < 1.29 is 0 Å². The molecule has 0 aromatic heterocycles. The van der Waals surface area contributed by atoms with Crippen molar-refractivity contribution in [3.05, 3.63) is 0 Å². The number of nitrogens with zero attached hydrogens (tertiary/aromatic N) is 1. The van der Waals surface area contributed by atoms with Crippen LogP contribution in [0, 0.1) is 11.8 Å². The van der Waals surface area contributed by atoms with Crippen LogP contribution in [0.1, 0.15) is 59.3 Å². The molecule has 2 heteroatoms. The summed E-state index contributed by atoms with van der Waals surface area (Å²) in [5.74, 6) is 1.79. The van der Waals surface area contributed by atoms with Gasteiger partial charge in [-0.3, -0.25) is 4.90 Å². The van der Waals surface area contributed by atoms with Crippen molar-refractivity contribution in [1.29, 1.82) is 0 Å². The fourth-order valence-electron chi connectivity index (χ4n) is 3.53. The maximum Gasteiger partial charge on any atom is 0.0192 e. The second-order valence-corrected chi connectivity index (χ2v) is 6.88. The zero-order chi connectivity index (χ0) is 13.0. The maximum absolute atomic E-state index is 3.80. The van der Waals surface area contributed by atoms with Crippen LogP contribution in [0.25, 0.3) is 0 Å². The van der Waals surface area contributed by atoms with E-state index in [1.165, 1.54) is 58.2 Å². The molecule has 2 unspecified atom stereocenters. The Morgan fingerprint density at radius 3 is 2.39 bits per heavy atom. The second-order valence-electron chi connectivity index (χ2n) is 6.88. The quantitative estimate of drug-likeness (QED) is 0.808. The van der Waals surface area contributed by atoms with Crippen molar-refractivity contribution in [2.75, 3.05) is 19.6 Å². The van der Waals surface area contributed by atoms with Gasteiger partial charge < -0.3 is 5.32 Å². The molecule has 2 aliphatic rings. The van der Waals surface area contributed by atoms with Gasteiger partial charge in [0.1, 0.15) is 0 Å². The van der Waals surface area contributed by atoms with Crippen molar-refractivity contribution in [1.82, 2.24) is 10.2 Å². The van der Waals surface area contributed by atoms with E-state index in [4.69, 9.17) is 0 Å². The van der Waals surface area contributed by atoms with Crippen LogP contribution in [0.5, 0.6) is 0 Å². The number of rotatable bonds is 5. The molecule has 18 heavy (non-hydrogen) atoms. The summed E-state index contributed by atoms with van der Waals surface area (Å²) in [7, 11) is 0. The average molecular weight is 252 g/mol. The molecule has 2 rings (SSSR count). The standard InChI is InChI=1S/C16H32N2/c1-13(2)15-9-10-18(12-15)14(3)11-17-16-7-5-4-6-8-16/h13-17H,4-12H2,1-3H3. The molecule has 1 heterocycles. The molecule has 1 saturated carbocycles. The first-order valence-electron chi connectivity index (χ1n) is 8.14. The SMILES string of the molecule is CC(C)C1CCN(C(C)CNC2CCCCC2)C1. The molecule has 0 aromatic rings. The molecule has 2 fully saturated rings.